The van der Waals surface area contributed by atoms with Crippen molar-refractivity contribution in [2.24, 2.45) is 11.5 Å². The van der Waals surface area contributed by atoms with Crippen LogP contribution in [-0.4, -0.2) is 68.0 Å². The first-order valence-corrected chi connectivity index (χ1v) is 17.1. The van der Waals surface area contributed by atoms with Crippen LogP contribution in [0.4, 0.5) is 26.3 Å². The van der Waals surface area contributed by atoms with Gasteiger partial charge in [-0.3, -0.25) is 14.5 Å². The topological polar surface area (TPSA) is 137 Å². The standard InChI is InChI=1S/C20H23F3N4O.C16H15F3N4O/c1-19(2,3)26-6-4-11(5-7-26)14-10-25-27-16-13(18(24)28)8-12(21)9-15(16)20(22,23)17(14)27;17-9-5-10(15(20)24)13-12(6-9)16(18,19)14-11(7-22-23(13)14)8-1-3-21-4-2-8/h8-11H,4-7H2,1-3H3,(H2,24,28);5-8,21H,1-4H2,(H2,20,24). The van der Waals surface area contributed by atoms with Crippen LogP contribution in [0, 0.1) is 11.6 Å². The van der Waals surface area contributed by atoms with Crippen LogP contribution in [0.3, 0.4) is 0 Å². The summed E-state index contributed by atoms with van der Waals surface area (Å²) in [6.07, 6.45) is 5.80. The normalized spacial score (nSPS) is 19.3. The maximum absolute atomic E-state index is 15.3. The SMILES string of the molecule is CC(C)(C)N1CCC(c2cnn3c2C(F)(F)c2cc(F)cc(C(N)=O)c2-3)CC1.NC(=O)c1cc(F)cc2c1-n1ncc(C3CCNCC3)c1C2(F)F. The van der Waals surface area contributed by atoms with Gasteiger partial charge in [0.25, 0.3) is 11.8 Å². The third-order valence-corrected chi connectivity index (χ3v) is 10.6. The third kappa shape index (κ3) is 5.66. The van der Waals surface area contributed by atoms with Crippen LogP contribution >= 0.6 is 0 Å². The Bertz CT molecular complexity index is 2090. The summed E-state index contributed by atoms with van der Waals surface area (Å²) in [5.74, 6) is -10.7. The van der Waals surface area contributed by atoms with Crippen molar-refractivity contribution in [1.82, 2.24) is 29.8 Å². The molecule has 8 rings (SSSR count). The number of nitrogens with two attached hydrogens (primary N) is 2. The van der Waals surface area contributed by atoms with Gasteiger partial charge < -0.3 is 16.8 Å². The molecule has 4 aliphatic rings. The highest BCUT2D eigenvalue weighted by Crippen LogP contribution is 2.51. The average molecular weight is 729 g/mol. The Balaban J connectivity index is 0.000000164. The molecule has 4 aromatic rings. The van der Waals surface area contributed by atoms with E-state index in [1.165, 1.54) is 12.4 Å². The van der Waals surface area contributed by atoms with Crippen molar-refractivity contribution >= 4 is 11.8 Å². The van der Waals surface area contributed by atoms with Crippen LogP contribution in [0.1, 0.15) is 113 Å². The molecule has 2 amide bonds. The van der Waals surface area contributed by atoms with Crippen molar-refractivity contribution in [3.8, 4) is 11.4 Å². The van der Waals surface area contributed by atoms with Crippen molar-refractivity contribution in [2.45, 2.75) is 75.7 Å². The molecule has 0 atom stereocenters. The first-order valence-electron chi connectivity index (χ1n) is 17.1. The lowest BCUT2D eigenvalue weighted by Crippen LogP contribution is -2.45. The van der Waals surface area contributed by atoms with Gasteiger partial charge in [-0.2, -0.15) is 27.8 Å². The van der Waals surface area contributed by atoms with E-state index in [1.54, 1.807) is 0 Å². The van der Waals surface area contributed by atoms with E-state index in [0.717, 1.165) is 85.5 Å². The van der Waals surface area contributed by atoms with Gasteiger partial charge in [0.1, 0.15) is 23.0 Å². The number of likely N-dealkylation sites (tertiary alicyclic amines) is 1. The van der Waals surface area contributed by atoms with Crippen molar-refractivity contribution in [1.29, 1.82) is 0 Å². The summed E-state index contributed by atoms with van der Waals surface area (Å²) in [7, 11) is 0. The van der Waals surface area contributed by atoms with Gasteiger partial charge in [0.15, 0.2) is 0 Å². The smallest absolute Gasteiger partial charge is 0.317 e. The Kier molecular flexibility index (Phi) is 8.56. The Morgan fingerprint density at radius 1 is 0.731 bits per heavy atom. The van der Waals surface area contributed by atoms with Crippen LogP contribution in [0.25, 0.3) is 11.4 Å². The molecule has 2 saturated heterocycles. The van der Waals surface area contributed by atoms with Gasteiger partial charge in [-0.1, -0.05) is 0 Å². The first-order chi connectivity index (χ1) is 24.4. The number of piperidine rings is 2. The van der Waals surface area contributed by atoms with E-state index in [4.69, 9.17) is 11.5 Å². The van der Waals surface area contributed by atoms with Gasteiger partial charge in [0.2, 0.25) is 0 Å². The molecular weight excluding hydrogens is 690 g/mol. The number of hydrogen-bond donors (Lipinski definition) is 3. The molecule has 0 aliphatic carbocycles. The maximum atomic E-state index is 15.3. The fourth-order valence-corrected chi connectivity index (χ4v) is 8.05. The fraction of sp³-hybridized carbons (Fsp3) is 0.444. The number of nitrogens with zero attached hydrogens (tertiary/aromatic N) is 5. The number of benzene rings is 2. The second-order valence-corrected chi connectivity index (χ2v) is 14.8. The van der Waals surface area contributed by atoms with E-state index >= 15 is 17.6 Å². The molecular formula is C36H38F6N8O2. The number of halogens is 6. The number of fused-ring (bicyclic) bond motifs is 6. The van der Waals surface area contributed by atoms with Crippen LogP contribution in [0.5, 0.6) is 0 Å². The van der Waals surface area contributed by atoms with Gasteiger partial charge in [0.05, 0.1) is 46.0 Å². The van der Waals surface area contributed by atoms with E-state index in [2.05, 4.69) is 41.2 Å². The lowest BCUT2D eigenvalue weighted by Gasteiger charge is -2.41. The van der Waals surface area contributed by atoms with Gasteiger partial charge in [-0.15, -0.1) is 0 Å². The summed E-state index contributed by atoms with van der Waals surface area (Å²) in [4.78, 5) is 25.7. The van der Waals surface area contributed by atoms with E-state index < -0.39 is 46.4 Å². The number of rotatable bonds is 4. The molecule has 0 spiro atoms. The summed E-state index contributed by atoms with van der Waals surface area (Å²) in [6, 6.07) is 3.28. The number of amides is 2. The number of carbonyl (C=O) groups is 2. The van der Waals surface area contributed by atoms with E-state index in [0.29, 0.717) is 11.1 Å². The molecule has 0 bridgehead atoms. The van der Waals surface area contributed by atoms with Crippen LogP contribution < -0.4 is 16.8 Å². The molecule has 10 nitrogen and oxygen atoms in total. The zero-order valence-corrected chi connectivity index (χ0v) is 28.8. The highest BCUT2D eigenvalue weighted by molar-refractivity contribution is 5.98. The summed E-state index contributed by atoms with van der Waals surface area (Å²) >= 11 is 0. The number of carbonyl (C=O) groups excluding carboxylic acids is 2. The molecule has 2 aromatic heterocycles. The van der Waals surface area contributed by atoms with Gasteiger partial charge in [-0.25, -0.2) is 18.1 Å². The predicted molar refractivity (Wildman–Crippen MR) is 178 cm³/mol. The lowest BCUT2D eigenvalue weighted by atomic mass is 9.86. The summed E-state index contributed by atoms with van der Waals surface area (Å²) < 4.78 is 90.3. The Morgan fingerprint density at radius 3 is 1.52 bits per heavy atom. The molecule has 0 unspecified atom stereocenters. The van der Waals surface area contributed by atoms with E-state index in [-0.39, 0.29) is 51.3 Å². The van der Waals surface area contributed by atoms with Crippen molar-refractivity contribution in [3.63, 3.8) is 0 Å². The van der Waals surface area contributed by atoms with E-state index in [1.807, 2.05) is 0 Å². The zero-order chi connectivity index (χ0) is 37.5. The quantitative estimate of drug-likeness (QED) is 0.235. The fourth-order valence-electron chi connectivity index (χ4n) is 8.05. The van der Waals surface area contributed by atoms with Gasteiger partial charge in [0, 0.05) is 16.7 Å². The Labute approximate surface area is 295 Å². The number of hydrogen-bond acceptors (Lipinski definition) is 6. The highest BCUT2D eigenvalue weighted by Gasteiger charge is 2.52. The second-order valence-electron chi connectivity index (χ2n) is 14.8. The number of nitrogens with one attached hydrogen (secondary N) is 1. The van der Waals surface area contributed by atoms with Crippen LogP contribution in [0.15, 0.2) is 36.7 Å². The molecule has 0 saturated carbocycles. The molecule has 2 fully saturated rings. The molecule has 6 heterocycles. The minimum atomic E-state index is -3.44. The summed E-state index contributed by atoms with van der Waals surface area (Å²) in [5, 5.41) is 11.4. The van der Waals surface area contributed by atoms with Crippen molar-refractivity contribution in [2.75, 3.05) is 26.2 Å². The van der Waals surface area contributed by atoms with Gasteiger partial charge >= 0.3 is 11.8 Å². The molecule has 16 heteroatoms. The van der Waals surface area contributed by atoms with Crippen LogP contribution in [0.2, 0.25) is 0 Å². The second kappa shape index (κ2) is 12.5. The Hall–Kier alpha value is -4.70. The van der Waals surface area contributed by atoms with Crippen LogP contribution in [-0.2, 0) is 11.8 Å². The molecule has 52 heavy (non-hydrogen) atoms. The predicted octanol–water partition coefficient (Wildman–Crippen LogP) is 5.57. The maximum Gasteiger partial charge on any atom is 0.317 e. The van der Waals surface area contributed by atoms with Gasteiger partial charge in [-0.05, 0) is 109 Å². The average Bonchev–Trinajstić information content (AvgIpc) is 3.82. The third-order valence-electron chi connectivity index (χ3n) is 10.6. The van der Waals surface area contributed by atoms with Crippen molar-refractivity contribution in [3.05, 3.63) is 93.1 Å². The molecule has 276 valence electrons. The van der Waals surface area contributed by atoms with E-state index in [9.17, 15) is 18.4 Å². The summed E-state index contributed by atoms with van der Waals surface area (Å²) in [5.41, 5.74) is 9.02. The largest absolute Gasteiger partial charge is 0.366 e. The number of primary amides is 2. The molecule has 0 radical (unpaired) electrons. The molecule has 2 aromatic carbocycles. The van der Waals surface area contributed by atoms with Crippen molar-refractivity contribution < 1.29 is 35.9 Å². The lowest BCUT2D eigenvalue weighted by molar-refractivity contribution is 0.0410. The number of aromatic nitrogens is 4. The highest BCUT2D eigenvalue weighted by atomic mass is 19.3. The summed E-state index contributed by atoms with van der Waals surface area (Å²) in [6.45, 7) is 9.50. The molecule has 5 N–H and O–H groups in total. The first kappa shape index (κ1) is 35.7. The number of alkyl halides is 4. The minimum absolute atomic E-state index is 0.0278. The monoisotopic (exact) mass is 728 g/mol. The minimum Gasteiger partial charge on any atom is -0.366 e. The molecule has 4 aliphatic heterocycles. The zero-order valence-electron chi connectivity index (χ0n) is 28.8. The Morgan fingerprint density at radius 2 is 1.13 bits per heavy atom.